The molecule has 116 valence electrons. The molecule has 0 bridgehead atoms. The molecule has 2 rings (SSSR count). The molecule has 1 aliphatic rings. The van der Waals surface area contributed by atoms with Crippen molar-refractivity contribution in [2.24, 2.45) is 5.92 Å². The van der Waals surface area contributed by atoms with E-state index in [0.29, 0.717) is 29.1 Å². The minimum absolute atomic E-state index is 0.00425. The summed E-state index contributed by atoms with van der Waals surface area (Å²) in [4.78, 5) is 13.8. The summed E-state index contributed by atoms with van der Waals surface area (Å²) in [5.41, 5.74) is 0.966. The molecule has 21 heavy (non-hydrogen) atoms. The molecule has 0 unspecified atom stereocenters. The number of benzene rings is 1. The van der Waals surface area contributed by atoms with E-state index in [2.05, 4.69) is 5.32 Å². The highest BCUT2D eigenvalue weighted by Crippen LogP contribution is 2.27. The number of hydrogen-bond acceptors (Lipinski definition) is 3. The number of nitrogens with zero attached hydrogens (tertiary/aromatic N) is 1. The molecule has 0 heterocycles. The Morgan fingerprint density at radius 1 is 1.33 bits per heavy atom. The van der Waals surface area contributed by atoms with E-state index in [-0.39, 0.29) is 19.1 Å². The summed E-state index contributed by atoms with van der Waals surface area (Å²) in [5.74, 6) is 0.658. The van der Waals surface area contributed by atoms with Crippen LogP contribution in [0.1, 0.15) is 18.4 Å². The van der Waals surface area contributed by atoms with E-state index in [9.17, 15) is 4.79 Å². The third kappa shape index (κ3) is 5.83. The van der Waals surface area contributed by atoms with Crippen molar-refractivity contribution in [2.45, 2.75) is 19.4 Å². The summed E-state index contributed by atoms with van der Waals surface area (Å²) in [7, 11) is 0. The number of carbonyl (C=O) groups excluding carboxylic acids is 1. The van der Waals surface area contributed by atoms with E-state index in [4.69, 9.17) is 28.3 Å². The maximum atomic E-state index is 11.9. The average molecular weight is 331 g/mol. The Hall–Kier alpha value is -0.810. The third-order valence-corrected chi connectivity index (χ3v) is 4.20. The number of nitrogens with one attached hydrogen (secondary N) is 1. The Bertz CT molecular complexity index is 493. The van der Waals surface area contributed by atoms with Crippen molar-refractivity contribution >= 4 is 29.1 Å². The summed E-state index contributed by atoms with van der Waals surface area (Å²) in [6.07, 6.45) is 2.42. The first kappa shape index (κ1) is 16.6. The molecule has 0 spiro atoms. The van der Waals surface area contributed by atoms with Crippen LogP contribution in [0, 0.1) is 5.92 Å². The van der Waals surface area contributed by atoms with Gasteiger partial charge in [-0.15, -0.1) is 0 Å². The Labute approximate surface area is 135 Å². The van der Waals surface area contributed by atoms with Gasteiger partial charge in [0.25, 0.3) is 0 Å². The van der Waals surface area contributed by atoms with Crippen molar-refractivity contribution in [3.8, 4) is 0 Å². The van der Waals surface area contributed by atoms with E-state index < -0.39 is 0 Å². The molecular formula is C15H20Cl2N2O2. The smallest absolute Gasteiger partial charge is 0.234 e. The van der Waals surface area contributed by atoms with Crippen molar-refractivity contribution in [2.75, 3.05) is 26.2 Å². The van der Waals surface area contributed by atoms with Gasteiger partial charge >= 0.3 is 0 Å². The second-order valence-corrected chi connectivity index (χ2v) is 6.24. The molecule has 0 aliphatic heterocycles. The fourth-order valence-electron chi connectivity index (χ4n) is 2.09. The zero-order valence-electron chi connectivity index (χ0n) is 11.8. The summed E-state index contributed by atoms with van der Waals surface area (Å²) in [6.45, 7) is 2.04. The SMILES string of the molecule is O=C(CN(CCO)Cc1ccc(Cl)c(Cl)c1)NCC1CC1. The van der Waals surface area contributed by atoms with Crippen LogP contribution in [0.4, 0.5) is 0 Å². The van der Waals surface area contributed by atoms with Gasteiger partial charge in [-0.25, -0.2) is 0 Å². The molecule has 1 amide bonds. The van der Waals surface area contributed by atoms with E-state index in [1.165, 1.54) is 12.8 Å². The second-order valence-electron chi connectivity index (χ2n) is 5.43. The lowest BCUT2D eigenvalue weighted by molar-refractivity contribution is -0.122. The molecule has 1 aliphatic carbocycles. The van der Waals surface area contributed by atoms with Crippen LogP contribution in [-0.2, 0) is 11.3 Å². The summed E-state index contributed by atoms with van der Waals surface area (Å²) in [6, 6.07) is 5.40. The highest BCUT2D eigenvalue weighted by atomic mass is 35.5. The van der Waals surface area contributed by atoms with Crippen molar-refractivity contribution in [3.05, 3.63) is 33.8 Å². The number of rotatable bonds is 8. The van der Waals surface area contributed by atoms with Gasteiger partial charge in [0.1, 0.15) is 0 Å². The second kappa shape index (κ2) is 7.99. The van der Waals surface area contributed by atoms with Gasteiger partial charge in [0.05, 0.1) is 23.2 Å². The number of aliphatic hydroxyl groups excluding tert-OH is 1. The summed E-state index contributed by atoms with van der Waals surface area (Å²) < 4.78 is 0. The van der Waals surface area contributed by atoms with Crippen LogP contribution in [-0.4, -0.2) is 42.2 Å². The Balaban J connectivity index is 1.87. The van der Waals surface area contributed by atoms with Gasteiger partial charge in [0, 0.05) is 19.6 Å². The Morgan fingerprint density at radius 3 is 2.71 bits per heavy atom. The Kier molecular flexibility index (Phi) is 6.30. The number of hydrogen-bond donors (Lipinski definition) is 2. The largest absolute Gasteiger partial charge is 0.395 e. The first-order chi connectivity index (χ1) is 10.1. The van der Waals surface area contributed by atoms with Crippen molar-refractivity contribution in [3.63, 3.8) is 0 Å². The van der Waals surface area contributed by atoms with Gasteiger partial charge in [-0.2, -0.15) is 0 Å². The van der Waals surface area contributed by atoms with Gasteiger partial charge in [0.2, 0.25) is 5.91 Å². The zero-order valence-corrected chi connectivity index (χ0v) is 13.3. The number of amides is 1. The molecule has 2 N–H and O–H groups in total. The molecular weight excluding hydrogens is 311 g/mol. The van der Waals surface area contributed by atoms with Gasteiger partial charge < -0.3 is 10.4 Å². The Morgan fingerprint density at radius 2 is 2.10 bits per heavy atom. The highest BCUT2D eigenvalue weighted by molar-refractivity contribution is 6.42. The van der Waals surface area contributed by atoms with E-state index >= 15 is 0 Å². The fourth-order valence-corrected chi connectivity index (χ4v) is 2.41. The van der Waals surface area contributed by atoms with Gasteiger partial charge in [-0.1, -0.05) is 29.3 Å². The molecule has 0 saturated heterocycles. The lowest BCUT2D eigenvalue weighted by Gasteiger charge is -2.21. The molecule has 0 atom stereocenters. The van der Waals surface area contributed by atoms with Crippen LogP contribution in [0.3, 0.4) is 0 Å². The summed E-state index contributed by atoms with van der Waals surface area (Å²) >= 11 is 11.9. The van der Waals surface area contributed by atoms with Crippen molar-refractivity contribution in [1.29, 1.82) is 0 Å². The van der Waals surface area contributed by atoms with E-state index in [1.807, 2.05) is 11.0 Å². The van der Waals surface area contributed by atoms with Crippen LogP contribution < -0.4 is 5.32 Å². The number of carbonyl (C=O) groups is 1. The lowest BCUT2D eigenvalue weighted by Crippen LogP contribution is -2.39. The first-order valence-corrected chi connectivity index (χ1v) is 7.88. The van der Waals surface area contributed by atoms with Crippen LogP contribution in [0.25, 0.3) is 0 Å². The quantitative estimate of drug-likeness (QED) is 0.769. The lowest BCUT2D eigenvalue weighted by atomic mass is 10.2. The van der Waals surface area contributed by atoms with Crippen molar-refractivity contribution in [1.82, 2.24) is 10.2 Å². The third-order valence-electron chi connectivity index (χ3n) is 3.46. The summed E-state index contributed by atoms with van der Waals surface area (Å²) in [5, 5.41) is 13.1. The van der Waals surface area contributed by atoms with E-state index in [0.717, 1.165) is 12.1 Å². The molecule has 0 radical (unpaired) electrons. The van der Waals surface area contributed by atoms with Crippen molar-refractivity contribution < 1.29 is 9.90 Å². The monoisotopic (exact) mass is 330 g/mol. The predicted octanol–water partition coefficient (Wildman–Crippen LogP) is 2.31. The maximum Gasteiger partial charge on any atom is 0.234 e. The van der Waals surface area contributed by atoms with E-state index in [1.54, 1.807) is 12.1 Å². The first-order valence-electron chi connectivity index (χ1n) is 7.12. The highest BCUT2D eigenvalue weighted by Gasteiger charge is 2.22. The zero-order chi connectivity index (χ0) is 15.2. The van der Waals surface area contributed by atoms with Crippen LogP contribution in [0.2, 0.25) is 10.0 Å². The minimum Gasteiger partial charge on any atom is -0.395 e. The molecule has 1 fully saturated rings. The fraction of sp³-hybridized carbons (Fsp3) is 0.533. The van der Waals surface area contributed by atoms with Crippen LogP contribution in [0.5, 0.6) is 0 Å². The molecule has 1 aromatic carbocycles. The topological polar surface area (TPSA) is 52.6 Å². The van der Waals surface area contributed by atoms with Gasteiger partial charge in [0.15, 0.2) is 0 Å². The van der Waals surface area contributed by atoms with Crippen LogP contribution in [0.15, 0.2) is 18.2 Å². The normalized spacial score (nSPS) is 14.5. The number of halogens is 2. The molecule has 4 nitrogen and oxygen atoms in total. The maximum absolute atomic E-state index is 11.9. The van der Waals surface area contributed by atoms with Gasteiger partial charge in [-0.05, 0) is 36.5 Å². The standard InChI is InChI=1S/C15H20Cl2N2O2/c16-13-4-3-12(7-14(13)17)9-19(5-6-20)10-15(21)18-8-11-1-2-11/h3-4,7,11,20H,1-2,5-6,8-10H2,(H,18,21). The van der Waals surface area contributed by atoms with Crippen LogP contribution >= 0.6 is 23.2 Å². The molecule has 1 saturated carbocycles. The number of aliphatic hydroxyl groups is 1. The predicted molar refractivity (Wildman–Crippen MR) is 84.6 cm³/mol. The minimum atomic E-state index is -0.00425. The molecule has 6 heteroatoms. The molecule has 1 aromatic rings. The average Bonchev–Trinajstić information content (AvgIpc) is 3.25. The molecule has 0 aromatic heterocycles. The van der Waals surface area contributed by atoms with Gasteiger partial charge in [-0.3, -0.25) is 9.69 Å².